The highest BCUT2D eigenvalue weighted by Gasteiger charge is 2.14. The first-order chi connectivity index (χ1) is 8.59. The maximum atomic E-state index is 11.1. The van der Waals surface area contributed by atoms with Gasteiger partial charge in [0.25, 0.3) is 0 Å². The maximum Gasteiger partial charge on any atom is 0.339 e. The molecule has 0 bridgehead atoms. The van der Waals surface area contributed by atoms with Gasteiger partial charge < -0.3 is 14.3 Å². The zero-order chi connectivity index (χ0) is 13.1. The Balaban J connectivity index is 2.24. The number of aromatic nitrogens is 1. The van der Waals surface area contributed by atoms with Gasteiger partial charge in [0.15, 0.2) is 6.39 Å². The van der Waals surface area contributed by atoms with Gasteiger partial charge in [0, 0.05) is 0 Å². The van der Waals surface area contributed by atoms with E-state index in [4.69, 9.17) is 14.3 Å². The molecule has 0 aliphatic rings. The van der Waals surface area contributed by atoms with E-state index in [2.05, 4.69) is 4.98 Å². The van der Waals surface area contributed by atoms with Crippen LogP contribution < -0.4 is 4.74 Å². The molecule has 1 N–H and O–H groups in total. The molecule has 0 atom stereocenters. The van der Waals surface area contributed by atoms with E-state index in [0.717, 1.165) is 5.56 Å². The molecule has 1 aromatic heterocycles. The zero-order valence-electron chi connectivity index (χ0n) is 10.1. The summed E-state index contributed by atoms with van der Waals surface area (Å²) in [6.45, 7) is 3.77. The van der Waals surface area contributed by atoms with E-state index < -0.39 is 5.97 Å². The van der Waals surface area contributed by atoms with Gasteiger partial charge in [-0.25, -0.2) is 9.78 Å². The lowest BCUT2D eigenvalue weighted by atomic mass is 10.1. The summed E-state index contributed by atoms with van der Waals surface area (Å²) in [5.41, 5.74) is 1.58. The fourth-order valence-corrected chi connectivity index (χ4v) is 1.62. The van der Waals surface area contributed by atoms with Gasteiger partial charge in [-0.2, -0.15) is 0 Å². The molecule has 0 saturated carbocycles. The number of carbonyl (C=O) groups is 1. The van der Waals surface area contributed by atoms with Crippen molar-refractivity contribution >= 4 is 5.97 Å². The summed E-state index contributed by atoms with van der Waals surface area (Å²) in [6, 6.07) is 5.00. The number of aryl methyl sites for hydroxylation is 2. The second-order valence-electron chi connectivity index (χ2n) is 3.90. The molecule has 0 amide bonds. The number of carboxylic acids is 1. The third kappa shape index (κ3) is 2.34. The topological polar surface area (TPSA) is 72.6 Å². The molecule has 94 valence electrons. The summed E-state index contributed by atoms with van der Waals surface area (Å²) < 4.78 is 10.6. The highest BCUT2D eigenvalue weighted by molar-refractivity contribution is 5.91. The van der Waals surface area contributed by atoms with Crippen molar-refractivity contribution in [2.75, 3.05) is 0 Å². The van der Waals surface area contributed by atoms with E-state index >= 15 is 0 Å². The third-order valence-electron chi connectivity index (χ3n) is 2.64. The second kappa shape index (κ2) is 4.91. The minimum Gasteiger partial charge on any atom is -0.486 e. The molecule has 1 aromatic carbocycles. The molecule has 2 rings (SSSR count). The van der Waals surface area contributed by atoms with Gasteiger partial charge in [0.2, 0.25) is 0 Å². The van der Waals surface area contributed by atoms with Gasteiger partial charge in [0.05, 0.1) is 0 Å². The predicted octanol–water partition coefficient (Wildman–Crippen LogP) is 2.57. The Kier molecular flexibility index (Phi) is 3.32. The molecular weight excluding hydrogens is 234 g/mol. The minimum atomic E-state index is -1.01. The number of oxazole rings is 1. The van der Waals surface area contributed by atoms with Gasteiger partial charge in [-0.05, 0) is 25.5 Å². The third-order valence-corrected chi connectivity index (χ3v) is 2.64. The van der Waals surface area contributed by atoms with Gasteiger partial charge in [-0.1, -0.05) is 12.1 Å². The molecule has 18 heavy (non-hydrogen) atoms. The van der Waals surface area contributed by atoms with Crippen molar-refractivity contribution in [3.8, 4) is 5.75 Å². The van der Waals surface area contributed by atoms with Crippen LogP contribution in [0.25, 0.3) is 0 Å². The minimum absolute atomic E-state index is 0.149. The summed E-state index contributed by atoms with van der Waals surface area (Å²) in [7, 11) is 0. The van der Waals surface area contributed by atoms with E-state index in [0.29, 0.717) is 17.2 Å². The highest BCUT2D eigenvalue weighted by atomic mass is 16.5. The Morgan fingerprint density at radius 3 is 2.83 bits per heavy atom. The number of aromatic carboxylic acids is 1. The molecule has 0 unspecified atom stereocenters. The van der Waals surface area contributed by atoms with Crippen LogP contribution in [-0.2, 0) is 6.61 Å². The molecular formula is C13H13NO4. The Hall–Kier alpha value is -2.30. The van der Waals surface area contributed by atoms with Crippen LogP contribution in [0.1, 0.15) is 27.4 Å². The van der Waals surface area contributed by atoms with Crippen LogP contribution in [-0.4, -0.2) is 16.1 Å². The molecule has 0 fully saturated rings. The van der Waals surface area contributed by atoms with Crippen molar-refractivity contribution in [2.24, 2.45) is 0 Å². The van der Waals surface area contributed by atoms with Crippen molar-refractivity contribution in [3.63, 3.8) is 0 Å². The van der Waals surface area contributed by atoms with E-state index in [-0.39, 0.29) is 12.2 Å². The number of benzene rings is 1. The number of rotatable bonds is 4. The second-order valence-corrected chi connectivity index (χ2v) is 3.90. The largest absolute Gasteiger partial charge is 0.486 e. The van der Waals surface area contributed by atoms with E-state index in [1.165, 1.54) is 12.5 Å². The highest BCUT2D eigenvalue weighted by Crippen LogP contribution is 2.24. The van der Waals surface area contributed by atoms with E-state index in [9.17, 15) is 4.79 Å². The standard InChI is InChI=1S/C13H13NO4/c1-8-4-3-5-10(13(15)16)12(8)17-6-11-9(2)18-7-14-11/h3-5,7H,6H2,1-2H3,(H,15,16). The molecule has 0 spiro atoms. The number of hydrogen-bond acceptors (Lipinski definition) is 4. The van der Waals surface area contributed by atoms with Crippen LogP contribution in [0.3, 0.4) is 0 Å². The summed E-state index contributed by atoms with van der Waals surface area (Å²) in [5.74, 6) is 0.0263. The van der Waals surface area contributed by atoms with E-state index in [1.54, 1.807) is 26.0 Å². The monoisotopic (exact) mass is 247 g/mol. The molecule has 0 saturated heterocycles. The van der Waals surface area contributed by atoms with Gasteiger partial charge in [-0.15, -0.1) is 0 Å². The number of hydrogen-bond donors (Lipinski definition) is 1. The quantitative estimate of drug-likeness (QED) is 0.898. The Labute approximate surface area is 104 Å². The molecule has 0 aliphatic carbocycles. The van der Waals surface area contributed by atoms with Crippen LogP contribution in [0.2, 0.25) is 0 Å². The molecule has 5 heteroatoms. The first-order valence-electron chi connectivity index (χ1n) is 5.44. The van der Waals surface area contributed by atoms with E-state index in [1.807, 2.05) is 0 Å². The first-order valence-corrected chi connectivity index (χ1v) is 5.44. The van der Waals surface area contributed by atoms with Crippen LogP contribution in [0.5, 0.6) is 5.75 Å². The van der Waals surface area contributed by atoms with Gasteiger partial charge >= 0.3 is 5.97 Å². The fraction of sp³-hybridized carbons (Fsp3) is 0.231. The van der Waals surface area contributed by atoms with Crippen molar-refractivity contribution < 1.29 is 19.1 Å². The van der Waals surface area contributed by atoms with Gasteiger partial charge in [-0.3, -0.25) is 0 Å². The number of ether oxygens (including phenoxy) is 1. The van der Waals surface area contributed by atoms with Gasteiger partial charge in [0.1, 0.15) is 29.4 Å². The fourth-order valence-electron chi connectivity index (χ4n) is 1.62. The maximum absolute atomic E-state index is 11.1. The molecule has 5 nitrogen and oxygen atoms in total. The summed E-state index contributed by atoms with van der Waals surface area (Å²) >= 11 is 0. The Morgan fingerprint density at radius 2 is 2.22 bits per heavy atom. The normalized spacial score (nSPS) is 10.3. The lowest BCUT2D eigenvalue weighted by Crippen LogP contribution is -2.05. The number of nitrogens with zero attached hydrogens (tertiary/aromatic N) is 1. The summed E-state index contributed by atoms with van der Waals surface area (Å²) in [4.78, 5) is 15.1. The predicted molar refractivity (Wildman–Crippen MR) is 63.7 cm³/mol. The molecule has 1 heterocycles. The summed E-state index contributed by atoms with van der Waals surface area (Å²) in [6.07, 6.45) is 1.34. The van der Waals surface area contributed by atoms with Crippen LogP contribution in [0.15, 0.2) is 29.0 Å². The lowest BCUT2D eigenvalue weighted by Gasteiger charge is -2.10. The van der Waals surface area contributed by atoms with Crippen molar-refractivity contribution in [1.29, 1.82) is 0 Å². The molecule has 2 aromatic rings. The smallest absolute Gasteiger partial charge is 0.339 e. The summed E-state index contributed by atoms with van der Waals surface area (Å²) in [5, 5.41) is 9.09. The SMILES string of the molecule is Cc1cccc(C(=O)O)c1OCc1ncoc1C. The molecule has 0 radical (unpaired) electrons. The van der Waals surface area contributed by atoms with Crippen LogP contribution >= 0.6 is 0 Å². The van der Waals surface area contributed by atoms with Crippen molar-refractivity contribution in [3.05, 3.63) is 47.2 Å². The number of para-hydroxylation sites is 1. The lowest BCUT2D eigenvalue weighted by molar-refractivity contribution is 0.0691. The average molecular weight is 247 g/mol. The molecule has 0 aliphatic heterocycles. The van der Waals surface area contributed by atoms with Crippen molar-refractivity contribution in [1.82, 2.24) is 4.98 Å². The average Bonchev–Trinajstić information content (AvgIpc) is 2.73. The zero-order valence-corrected chi connectivity index (χ0v) is 10.1. The Morgan fingerprint density at radius 1 is 1.44 bits per heavy atom. The van der Waals surface area contributed by atoms with Crippen molar-refractivity contribution in [2.45, 2.75) is 20.5 Å². The number of carboxylic acid groups (broad SMARTS) is 1. The first kappa shape index (κ1) is 12.2. The van der Waals surface area contributed by atoms with Crippen LogP contribution in [0, 0.1) is 13.8 Å². The van der Waals surface area contributed by atoms with Crippen LogP contribution in [0.4, 0.5) is 0 Å². The Bertz CT molecular complexity index is 574.